The first-order valence-corrected chi connectivity index (χ1v) is 7.54. The van der Waals surface area contributed by atoms with Crippen LogP contribution in [0.2, 0.25) is 0 Å². The van der Waals surface area contributed by atoms with Crippen LogP contribution in [-0.4, -0.2) is 41.0 Å². The van der Waals surface area contributed by atoms with Gasteiger partial charge in [-0.15, -0.1) is 11.3 Å². The molecule has 0 atom stereocenters. The van der Waals surface area contributed by atoms with Crippen LogP contribution >= 0.6 is 11.3 Å². The summed E-state index contributed by atoms with van der Waals surface area (Å²) in [5, 5.41) is 3.39. The smallest absolute Gasteiger partial charge is 0.274 e. The van der Waals surface area contributed by atoms with Crippen LogP contribution in [0.5, 0.6) is 0 Å². The van der Waals surface area contributed by atoms with Crippen LogP contribution in [0.25, 0.3) is 0 Å². The number of aryl methyl sites for hydroxylation is 1. The van der Waals surface area contributed by atoms with Crippen molar-refractivity contribution in [2.75, 3.05) is 19.6 Å². The van der Waals surface area contributed by atoms with Crippen molar-refractivity contribution in [2.24, 2.45) is 0 Å². The van der Waals surface area contributed by atoms with E-state index in [1.54, 1.807) is 16.8 Å². The Balaban J connectivity index is 1.87. The van der Waals surface area contributed by atoms with E-state index in [9.17, 15) is 4.79 Å². The number of thiazole rings is 1. The molecule has 98 valence electrons. The maximum Gasteiger partial charge on any atom is 0.274 e. The molecule has 1 N–H and O–H groups in total. The molecule has 1 aromatic rings. The van der Waals surface area contributed by atoms with E-state index < -0.39 is 0 Å². The number of hydrogen-bond acceptors (Lipinski definition) is 4. The van der Waals surface area contributed by atoms with Gasteiger partial charge >= 0.3 is 0 Å². The Hall–Kier alpha value is -0.940. The van der Waals surface area contributed by atoms with Gasteiger partial charge < -0.3 is 10.2 Å². The molecule has 4 nitrogen and oxygen atoms in total. The van der Waals surface area contributed by atoms with Gasteiger partial charge in [-0.2, -0.15) is 0 Å². The molecule has 3 heterocycles. The van der Waals surface area contributed by atoms with Crippen LogP contribution in [0.1, 0.15) is 41.0 Å². The molecule has 0 unspecified atom stereocenters. The Labute approximate surface area is 111 Å². The number of rotatable bonds is 1. The molecular weight excluding hydrogens is 246 g/mol. The highest BCUT2D eigenvalue weighted by Crippen LogP contribution is 2.37. The predicted molar refractivity (Wildman–Crippen MR) is 72.0 cm³/mol. The summed E-state index contributed by atoms with van der Waals surface area (Å²) in [7, 11) is 0. The van der Waals surface area contributed by atoms with Crippen molar-refractivity contribution in [3.05, 3.63) is 16.1 Å². The van der Waals surface area contributed by atoms with E-state index in [0.717, 1.165) is 50.2 Å². The van der Waals surface area contributed by atoms with Gasteiger partial charge in [0, 0.05) is 17.0 Å². The number of piperidine rings is 1. The fraction of sp³-hybridized carbons (Fsp3) is 0.692. The van der Waals surface area contributed by atoms with Gasteiger partial charge in [0.25, 0.3) is 5.91 Å². The summed E-state index contributed by atoms with van der Waals surface area (Å²) in [6, 6.07) is 0. The zero-order valence-electron chi connectivity index (χ0n) is 10.7. The molecule has 1 spiro atoms. The van der Waals surface area contributed by atoms with Gasteiger partial charge in [-0.3, -0.25) is 4.79 Å². The first-order chi connectivity index (χ1) is 8.73. The molecule has 18 heavy (non-hydrogen) atoms. The average molecular weight is 265 g/mol. The number of likely N-dealkylation sites (tertiary alicyclic amines) is 1. The highest BCUT2D eigenvalue weighted by atomic mass is 32.1. The molecule has 3 rings (SSSR count). The van der Waals surface area contributed by atoms with Gasteiger partial charge in [0.2, 0.25) is 0 Å². The summed E-state index contributed by atoms with van der Waals surface area (Å²) in [5.41, 5.74) is 2.55. The summed E-state index contributed by atoms with van der Waals surface area (Å²) in [6.07, 6.45) is 4.46. The third-order valence-electron chi connectivity index (χ3n) is 4.32. The largest absolute Gasteiger partial charge is 0.332 e. The highest BCUT2D eigenvalue weighted by Gasteiger charge is 2.44. The van der Waals surface area contributed by atoms with Gasteiger partial charge in [-0.05, 0) is 45.7 Å². The Morgan fingerprint density at radius 2 is 2.22 bits per heavy atom. The number of nitrogens with zero attached hydrogens (tertiary/aromatic N) is 2. The van der Waals surface area contributed by atoms with Crippen molar-refractivity contribution >= 4 is 17.2 Å². The molecule has 0 bridgehead atoms. The number of aromatic nitrogens is 1. The van der Waals surface area contributed by atoms with Crippen LogP contribution in [0.3, 0.4) is 0 Å². The van der Waals surface area contributed by atoms with E-state index in [1.165, 1.54) is 0 Å². The molecule has 2 aliphatic rings. The maximum atomic E-state index is 12.7. The zero-order chi connectivity index (χ0) is 12.6. The second-order valence-electron chi connectivity index (χ2n) is 5.29. The Morgan fingerprint density at radius 1 is 1.44 bits per heavy atom. The third kappa shape index (κ3) is 1.86. The van der Waals surface area contributed by atoms with Gasteiger partial charge in [0.15, 0.2) is 0 Å². The SMILES string of the molecule is Cc1scnc1C(=O)N1CCCC12CCNCC2. The molecule has 2 fully saturated rings. The van der Waals surface area contributed by atoms with Crippen molar-refractivity contribution in [3.8, 4) is 0 Å². The van der Waals surface area contributed by atoms with E-state index >= 15 is 0 Å². The van der Waals surface area contributed by atoms with Gasteiger partial charge in [-0.1, -0.05) is 0 Å². The lowest BCUT2D eigenvalue weighted by molar-refractivity contribution is 0.0513. The first kappa shape index (κ1) is 12.1. The van der Waals surface area contributed by atoms with E-state index in [0.29, 0.717) is 5.69 Å². The number of amides is 1. The summed E-state index contributed by atoms with van der Waals surface area (Å²) in [4.78, 5) is 20.0. The fourth-order valence-corrected chi connectivity index (χ4v) is 3.87. The zero-order valence-corrected chi connectivity index (χ0v) is 11.6. The van der Waals surface area contributed by atoms with Crippen LogP contribution in [0.15, 0.2) is 5.51 Å². The maximum absolute atomic E-state index is 12.7. The van der Waals surface area contributed by atoms with Crippen molar-refractivity contribution < 1.29 is 4.79 Å². The molecule has 0 saturated carbocycles. The minimum Gasteiger partial charge on any atom is -0.332 e. The molecule has 1 amide bonds. The van der Waals surface area contributed by atoms with Crippen molar-refractivity contribution in [1.29, 1.82) is 0 Å². The summed E-state index contributed by atoms with van der Waals surface area (Å²) >= 11 is 1.56. The number of hydrogen-bond donors (Lipinski definition) is 1. The van der Waals surface area contributed by atoms with Gasteiger partial charge in [-0.25, -0.2) is 4.98 Å². The Morgan fingerprint density at radius 3 is 2.89 bits per heavy atom. The van der Waals surface area contributed by atoms with Crippen LogP contribution in [0.4, 0.5) is 0 Å². The number of carbonyl (C=O) groups excluding carboxylic acids is 1. The second kappa shape index (κ2) is 4.63. The summed E-state index contributed by atoms with van der Waals surface area (Å²) in [6.45, 7) is 4.94. The monoisotopic (exact) mass is 265 g/mol. The van der Waals surface area contributed by atoms with Crippen LogP contribution in [0, 0.1) is 6.92 Å². The van der Waals surface area contributed by atoms with E-state index in [2.05, 4.69) is 15.2 Å². The molecule has 0 aromatic carbocycles. The van der Waals surface area contributed by atoms with Crippen molar-refractivity contribution in [3.63, 3.8) is 0 Å². The standard InChI is InChI=1S/C13H19N3OS/c1-10-11(15-9-18-10)12(17)16-8-2-3-13(16)4-6-14-7-5-13/h9,14H,2-8H2,1H3. The molecule has 1 aromatic heterocycles. The molecule has 0 radical (unpaired) electrons. The minimum absolute atomic E-state index is 0.110. The molecule has 2 saturated heterocycles. The molecular formula is C13H19N3OS. The lowest BCUT2D eigenvalue weighted by Gasteiger charge is -2.41. The van der Waals surface area contributed by atoms with E-state index in [-0.39, 0.29) is 11.4 Å². The average Bonchev–Trinajstić information content (AvgIpc) is 2.97. The lowest BCUT2D eigenvalue weighted by Crippen LogP contribution is -2.53. The number of carbonyl (C=O) groups is 1. The Bertz CT molecular complexity index is 451. The predicted octanol–water partition coefficient (Wildman–Crippen LogP) is 1.81. The molecule has 2 aliphatic heterocycles. The molecule has 0 aliphatic carbocycles. The molecule has 5 heteroatoms. The second-order valence-corrected chi connectivity index (χ2v) is 6.35. The fourth-order valence-electron chi connectivity index (χ4n) is 3.31. The van der Waals surface area contributed by atoms with Crippen LogP contribution < -0.4 is 5.32 Å². The first-order valence-electron chi connectivity index (χ1n) is 6.66. The lowest BCUT2D eigenvalue weighted by atomic mass is 9.85. The topological polar surface area (TPSA) is 45.2 Å². The van der Waals surface area contributed by atoms with Gasteiger partial charge in [0.05, 0.1) is 5.51 Å². The minimum atomic E-state index is 0.110. The van der Waals surface area contributed by atoms with Crippen LogP contribution in [-0.2, 0) is 0 Å². The van der Waals surface area contributed by atoms with E-state index in [4.69, 9.17) is 0 Å². The van der Waals surface area contributed by atoms with Gasteiger partial charge in [0.1, 0.15) is 5.69 Å². The number of nitrogens with one attached hydrogen (secondary N) is 1. The summed E-state index contributed by atoms with van der Waals surface area (Å²) in [5.74, 6) is 0.146. The van der Waals surface area contributed by atoms with Crippen molar-refractivity contribution in [2.45, 2.75) is 38.1 Å². The third-order valence-corrected chi connectivity index (χ3v) is 5.08. The van der Waals surface area contributed by atoms with E-state index in [1.807, 2.05) is 6.92 Å². The Kier molecular flexibility index (Phi) is 3.11. The van der Waals surface area contributed by atoms with Crippen molar-refractivity contribution in [1.82, 2.24) is 15.2 Å². The quantitative estimate of drug-likeness (QED) is 0.842. The normalized spacial score (nSPS) is 22.6. The highest BCUT2D eigenvalue weighted by molar-refractivity contribution is 7.09. The summed E-state index contributed by atoms with van der Waals surface area (Å²) < 4.78 is 0.